The van der Waals surface area contributed by atoms with E-state index in [4.69, 9.17) is 23.2 Å². The van der Waals surface area contributed by atoms with Crippen LogP contribution in [0.3, 0.4) is 0 Å². The van der Waals surface area contributed by atoms with Crippen LogP contribution in [0.15, 0.2) is 64.2 Å². The van der Waals surface area contributed by atoms with Crippen molar-refractivity contribution < 1.29 is 4.79 Å². The van der Waals surface area contributed by atoms with Crippen molar-refractivity contribution in [1.82, 2.24) is 25.3 Å². The third-order valence-corrected chi connectivity index (χ3v) is 6.53. The van der Waals surface area contributed by atoms with Gasteiger partial charge in [-0.05, 0) is 24.3 Å². The molecular formula is C19H14Cl2N6OS2. The van der Waals surface area contributed by atoms with Gasteiger partial charge in [0, 0.05) is 11.8 Å². The minimum atomic E-state index is -0.369. The summed E-state index contributed by atoms with van der Waals surface area (Å²) in [6, 6.07) is 10.6. The lowest BCUT2D eigenvalue weighted by atomic mass is 10.2. The Morgan fingerprint density at radius 1 is 1.10 bits per heavy atom. The quantitative estimate of drug-likeness (QED) is 0.331. The molecule has 11 heteroatoms. The van der Waals surface area contributed by atoms with Gasteiger partial charge in [0.2, 0.25) is 0 Å². The number of amides is 2. The molecule has 3 aromatic heterocycles. The van der Waals surface area contributed by atoms with Gasteiger partial charge in [0.25, 0.3) is 0 Å². The first-order valence-electron chi connectivity index (χ1n) is 8.66. The average Bonchev–Trinajstić information content (AvgIpc) is 3.39. The van der Waals surface area contributed by atoms with E-state index in [0.29, 0.717) is 21.0 Å². The second-order valence-corrected chi connectivity index (χ2v) is 9.10. The average molecular weight is 477 g/mol. The van der Waals surface area contributed by atoms with E-state index in [9.17, 15) is 4.79 Å². The van der Waals surface area contributed by atoms with Crippen molar-refractivity contribution in [3.8, 4) is 11.3 Å². The summed E-state index contributed by atoms with van der Waals surface area (Å²) < 4.78 is 0.932. The third kappa shape index (κ3) is 5.31. The highest BCUT2D eigenvalue weighted by atomic mass is 35.5. The molecule has 2 amide bonds. The fourth-order valence-corrected chi connectivity index (χ4v) is 4.52. The van der Waals surface area contributed by atoms with Crippen molar-refractivity contribution in [2.24, 2.45) is 0 Å². The number of pyridine rings is 1. The molecule has 4 aromatic rings. The lowest BCUT2D eigenvalue weighted by Gasteiger charge is -2.03. The van der Waals surface area contributed by atoms with Crippen LogP contribution < -0.4 is 10.6 Å². The second kappa shape index (κ2) is 9.48. The molecule has 7 nitrogen and oxygen atoms in total. The number of rotatable bonds is 6. The smallest absolute Gasteiger partial charge is 0.321 e. The molecule has 0 aliphatic heterocycles. The Bertz CT molecular complexity index is 1160. The van der Waals surface area contributed by atoms with Crippen LogP contribution in [0.1, 0.15) is 5.82 Å². The topological polar surface area (TPSA) is 95.6 Å². The van der Waals surface area contributed by atoms with E-state index in [1.54, 1.807) is 30.7 Å². The van der Waals surface area contributed by atoms with Crippen LogP contribution in [0, 0.1) is 0 Å². The van der Waals surface area contributed by atoms with Crippen LogP contribution >= 0.6 is 46.3 Å². The van der Waals surface area contributed by atoms with Gasteiger partial charge in [-0.15, -0.1) is 0 Å². The molecule has 0 aliphatic rings. The van der Waals surface area contributed by atoms with Crippen molar-refractivity contribution in [2.75, 3.05) is 5.32 Å². The number of aromatic nitrogens is 4. The molecule has 0 radical (unpaired) electrons. The molecule has 4 rings (SSSR count). The van der Waals surface area contributed by atoms with Crippen molar-refractivity contribution in [2.45, 2.75) is 15.8 Å². The molecule has 0 saturated carbocycles. The molecule has 0 bridgehead atoms. The number of aromatic amines is 1. The number of carbonyl (C=O) groups excluding carboxylic acids is 1. The first kappa shape index (κ1) is 20.7. The normalized spacial score (nSPS) is 10.7. The Labute approximate surface area is 190 Å². The molecule has 3 heterocycles. The Hall–Kier alpha value is -2.59. The SMILES string of the molecule is O=C(NCc1ncc(-c2ccc(Cl)c(Cl)c2)[nH]1)Nc1ncc(Sc2ccccn2)s1. The molecule has 1 aromatic carbocycles. The predicted octanol–water partition coefficient (Wildman–Crippen LogP) is 5.71. The van der Waals surface area contributed by atoms with Gasteiger partial charge in [0.05, 0.1) is 38.9 Å². The molecule has 0 saturated heterocycles. The number of anilines is 1. The molecular weight excluding hydrogens is 463 g/mol. The number of benzene rings is 1. The van der Waals surface area contributed by atoms with Gasteiger partial charge in [-0.2, -0.15) is 0 Å². The largest absolute Gasteiger partial charge is 0.341 e. The summed E-state index contributed by atoms with van der Waals surface area (Å²) in [5, 5.41) is 7.79. The zero-order valence-electron chi connectivity index (χ0n) is 15.2. The number of nitrogens with zero attached hydrogens (tertiary/aromatic N) is 3. The number of urea groups is 1. The zero-order chi connectivity index (χ0) is 20.9. The molecule has 0 unspecified atom stereocenters. The number of hydrogen-bond donors (Lipinski definition) is 3. The van der Waals surface area contributed by atoms with Crippen LogP contribution in [0.4, 0.5) is 9.93 Å². The molecule has 152 valence electrons. The van der Waals surface area contributed by atoms with Gasteiger partial charge in [-0.1, -0.05) is 58.4 Å². The molecule has 3 N–H and O–H groups in total. The van der Waals surface area contributed by atoms with E-state index in [1.165, 1.54) is 23.1 Å². The first-order chi connectivity index (χ1) is 14.6. The minimum absolute atomic E-state index is 0.230. The van der Waals surface area contributed by atoms with E-state index >= 15 is 0 Å². The highest BCUT2D eigenvalue weighted by molar-refractivity contribution is 8.01. The van der Waals surface area contributed by atoms with Crippen LogP contribution in [0.2, 0.25) is 10.0 Å². The Balaban J connectivity index is 1.30. The fourth-order valence-electron chi connectivity index (χ4n) is 2.44. The van der Waals surface area contributed by atoms with E-state index in [0.717, 1.165) is 20.5 Å². The van der Waals surface area contributed by atoms with Crippen molar-refractivity contribution >= 4 is 57.5 Å². The highest BCUT2D eigenvalue weighted by Crippen LogP contribution is 2.32. The van der Waals surface area contributed by atoms with Crippen LogP contribution in [-0.2, 0) is 6.54 Å². The van der Waals surface area contributed by atoms with Crippen molar-refractivity contribution in [1.29, 1.82) is 0 Å². The second-order valence-electron chi connectivity index (χ2n) is 5.93. The van der Waals surface area contributed by atoms with Crippen molar-refractivity contribution in [3.05, 3.63) is 70.9 Å². The zero-order valence-corrected chi connectivity index (χ0v) is 18.4. The van der Waals surface area contributed by atoms with Crippen LogP contribution in [0.5, 0.6) is 0 Å². The van der Waals surface area contributed by atoms with Gasteiger partial charge in [-0.25, -0.2) is 19.7 Å². The molecule has 30 heavy (non-hydrogen) atoms. The summed E-state index contributed by atoms with van der Waals surface area (Å²) in [7, 11) is 0. The summed E-state index contributed by atoms with van der Waals surface area (Å²) in [5.41, 5.74) is 1.63. The Kier molecular flexibility index (Phi) is 6.53. The first-order valence-corrected chi connectivity index (χ1v) is 11.0. The predicted molar refractivity (Wildman–Crippen MR) is 120 cm³/mol. The lowest BCUT2D eigenvalue weighted by Crippen LogP contribution is -2.28. The number of nitrogens with one attached hydrogen (secondary N) is 3. The Morgan fingerprint density at radius 3 is 2.80 bits per heavy atom. The monoisotopic (exact) mass is 476 g/mol. The minimum Gasteiger partial charge on any atom is -0.341 e. The summed E-state index contributed by atoms with van der Waals surface area (Å²) in [4.78, 5) is 28.1. The maximum absolute atomic E-state index is 12.2. The maximum atomic E-state index is 12.2. The van der Waals surface area contributed by atoms with E-state index in [1.807, 2.05) is 24.3 Å². The van der Waals surface area contributed by atoms with Gasteiger partial charge >= 0.3 is 6.03 Å². The molecule has 0 aliphatic carbocycles. The number of imidazole rings is 1. The van der Waals surface area contributed by atoms with Crippen molar-refractivity contribution in [3.63, 3.8) is 0 Å². The lowest BCUT2D eigenvalue weighted by molar-refractivity contribution is 0.251. The van der Waals surface area contributed by atoms with Crippen LogP contribution in [-0.4, -0.2) is 26.0 Å². The Morgan fingerprint density at radius 2 is 2.00 bits per heavy atom. The van der Waals surface area contributed by atoms with Gasteiger partial charge in [-0.3, -0.25) is 5.32 Å². The summed E-state index contributed by atoms with van der Waals surface area (Å²) in [5.74, 6) is 0.608. The molecule has 0 spiro atoms. The summed E-state index contributed by atoms with van der Waals surface area (Å²) in [6.07, 6.45) is 5.11. The fraction of sp³-hybridized carbons (Fsp3) is 0.0526. The number of H-pyrrole nitrogens is 1. The number of carbonyl (C=O) groups is 1. The molecule has 0 fully saturated rings. The standard InChI is InChI=1S/C19H14Cl2N6OS2/c20-12-5-4-11(7-13(12)21)14-8-23-15(26-14)9-24-18(28)27-19-25-10-17(30-19)29-16-3-1-2-6-22-16/h1-8,10H,9H2,(H,23,26)(H2,24,25,27,28). The van der Waals surface area contributed by atoms with Crippen LogP contribution in [0.25, 0.3) is 11.3 Å². The number of thiazole rings is 1. The van der Waals surface area contributed by atoms with Gasteiger partial charge in [0.1, 0.15) is 10.9 Å². The number of halogens is 2. The molecule has 0 atom stereocenters. The van der Waals surface area contributed by atoms with E-state index in [-0.39, 0.29) is 12.6 Å². The van der Waals surface area contributed by atoms with E-state index in [2.05, 4.69) is 30.6 Å². The number of hydrogen-bond acceptors (Lipinski definition) is 6. The van der Waals surface area contributed by atoms with Gasteiger partial charge in [0.15, 0.2) is 5.13 Å². The maximum Gasteiger partial charge on any atom is 0.321 e. The summed E-state index contributed by atoms with van der Waals surface area (Å²) >= 11 is 14.9. The third-order valence-electron chi connectivity index (χ3n) is 3.82. The highest BCUT2D eigenvalue weighted by Gasteiger charge is 2.10. The summed E-state index contributed by atoms with van der Waals surface area (Å²) in [6.45, 7) is 0.230. The van der Waals surface area contributed by atoms with E-state index < -0.39 is 0 Å². The van der Waals surface area contributed by atoms with Gasteiger partial charge < -0.3 is 10.3 Å².